The predicted octanol–water partition coefficient (Wildman–Crippen LogP) is 4.91. The van der Waals surface area contributed by atoms with Crippen molar-refractivity contribution in [3.05, 3.63) is 51.5 Å². The molecular weight excluding hydrogens is 484 g/mol. The van der Waals surface area contributed by atoms with Gasteiger partial charge in [-0.05, 0) is 49.9 Å². The van der Waals surface area contributed by atoms with Crippen LogP contribution in [0.5, 0.6) is 0 Å². The summed E-state index contributed by atoms with van der Waals surface area (Å²) in [5.74, 6) is -0.417. The van der Waals surface area contributed by atoms with E-state index in [1.165, 1.54) is 11.3 Å². The van der Waals surface area contributed by atoms with Gasteiger partial charge in [-0.1, -0.05) is 0 Å². The van der Waals surface area contributed by atoms with Crippen LogP contribution in [-0.4, -0.2) is 28.6 Å². The average Bonchev–Trinajstić information content (AvgIpc) is 3.36. The number of halogens is 6. The van der Waals surface area contributed by atoms with Crippen LogP contribution >= 0.6 is 11.3 Å². The van der Waals surface area contributed by atoms with Crippen LogP contribution in [0.3, 0.4) is 0 Å². The molecule has 186 valence electrons. The molecule has 0 saturated carbocycles. The summed E-state index contributed by atoms with van der Waals surface area (Å²) in [5, 5.41) is 6.30. The summed E-state index contributed by atoms with van der Waals surface area (Å²) in [4.78, 5) is 17.6. The Labute approximate surface area is 195 Å². The standard InChI is InChI=1S/C22H23F6N3O2S/c1-20-7-16(19(32)30-9-15-8-29-11-34-15)17(31-20)2-3-18(20)33-10-12-4-13(21(23,24)25)6-14(5-12)22(26,27)28/h4-6,8,11,16-18,31H,2-3,7,9-10H2,1H3,(H,30,32). The number of amides is 1. The van der Waals surface area contributed by atoms with Gasteiger partial charge in [0.05, 0.1) is 41.8 Å². The number of fused-ring (bicyclic) bond motifs is 2. The molecule has 4 unspecified atom stereocenters. The van der Waals surface area contributed by atoms with Gasteiger partial charge in [-0.25, -0.2) is 0 Å². The zero-order valence-electron chi connectivity index (χ0n) is 18.1. The largest absolute Gasteiger partial charge is 0.416 e. The van der Waals surface area contributed by atoms with Crippen LogP contribution < -0.4 is 10.6 Å². The predicted molar refractivity (Wildman–Crippen MR) is 112 cm³/mol. The smallest absolute Gasteiger partial charge is 0.372 e. The zero-order chi connectivity index (χ0) is 24.7. The molecule has 34 heavy (non-hydrogen) atoms. The van der Waals surface area contributed by atoms with Crippen LogP contribution in [0.1, 0.15) is 47.8 Å². The average molecular weight is 508 g/mol. The maximum Gasteiger partial charge on any atom is 0.416 e. The van der Waals surface area contributed by atoms with E-state index in [0.29, 0.717) is 37.9 Å². The van der Waals surface area contributed by atoms with Crippen molar-refractivity contribution >= 4 is 17.2 Å². The minimum Gasteiger partial charge on any atom is -0.372 e. The molecule has 4 atom stereocenters. The number of hydrogen-bond acceptors (Lipinski definition) is 5. The molecule has 1 amide bonds. The second-order valence-corrected chi connectivity index (χ2v) is 9.93. The Hall–Kier alpha value is -2.18. The highest BCUT2D eigenvalue weighted by Gasteiger charge is 2.52. The third-order valence-corrected chi connectivity index (χ3v) is 7.23. The Bertz CT molecular complexity index is 994. The second-order valence-electron chi connectivity index (χ2n) is 8.96. The number of rotatable bonds is 6. The molecule has 2 aliphatic heterocycles. The van der Waals surface area contributed by atoms with Crippen molar-refractivity contribution in [2.24, 2.45) is 5.92 Å². The topological polar surface area (TPSA) is 63.2 Å². The first kappa shape index (κ1) is 24.9. The number of hydrogen-bond donors (Lipinski definition) is 2. The van der Waals surface area contributed by atoms with Gasteiger partial charge in [-0.15, -0.1) is 11.3 Å². The first-order valence-electron chi connectivity index (χ1n) is 10.7. The number of alkyl halides is 6. The van der Waals surface area contributed by atoms with Crippen LogP contribution in [0.15, 0.2) is 29.9 Å². The lowest BCUT2D eigenvalue weighted by atomic mass is 9.88. The van der Waals surface area contributed by atoms with E-state index < -0.39 is 41.7 Å². The zero-order valence-corrected chi connectivity index (χ0v) is 18.9. The Balaban J connectivity index is 1.42. The number of carbonyl (C=O) groups is 1. The number of thiazole rings is 1. The van der Waals surface area contributed by atoms with Gasteiger partial charge < -0.3 is 15.4 Å². The Morgan fingerprint density at radius 1 is 1.18 bits per heavy atom. The van der Waals surface area contributed by atoms with E-state index in [1.54, 1.807) is 11.7 Å². The molecule has 2 aliphatic rings. The van der Waals surface area contributed by atoms with Crippen molar-refractivity contribution in [3.8, 4) is 0 Å². The van der Waals surface area contributed by atoms with Crippen LogP contribution in [-0.2, 0) is 35.0 Å². The molecular formula is C22H23F6N3O2S. The van der Waals surface area contributed by atoms with Gasteiger partial charge in [-0.3, -0.25) is 9.78 Å². The quantitative estimate of drug-likeness (QED) is 0.546. The molecule has 2 fully saturated rings. The summed E-state index contributed by atoms with van der Waals surface area (Å²) in [6, 6.07) is 1.39. The van der Waals surface area contributed by atoms with Crippen molar-refractivity contribution in [2.45, 2.75) is 69.4 Å². The third-order valence-electron chi connectivity index (χ3n) is 6.45. The molecule has 0 spiro atoms. The van der Waals surface area contributed by atoms with Gasteiger partial charge in [0.1, 0.15) is 0 Å². The first-order valence-corrected chi connectivity index (χ1v) is 11.6. The van der Waals surface area contributed by atoms with Gasteiger partial charge in [0.15, 0.2) is 0 Å². The summed E-state index contributed by atoms with van der Waals surface area (Å²) in [5.41, 5.74) is -1.88. The maximum atomic E-state index is 13.1. The number of nitrogens with zero attached hydrogens (tertiary/aromatic N) is 1. The van der Waals surface area contributed by atoms with Gasteiger partial charge in [-0.2, -0.15) is 26.3 Å². The van der Waals surface area contributed by atoms with Crippen molar-refractivity contribution in [2.75, 3.05) is 0 Å². The number of nitrogens with one attached hydrogen (secondary N) is 2. The molecule has 1 aromatic carbocycles. The van der Waals surface area contributed by atoms with Crippen molar-refractivity contribution in [1.29, 1.82) is 0 Å². The second kappa shape index (κ2) is 9.12. The van der Waals surface area contributed by atoms with E-state index in [-0.39, 0.29) is 29.5 Å². The minimum absolute atomic E-state index is 0.0725. The minimum atomic E-state index is -4.91. The molecule has 1 aromatic heterocycles. The fourth-order valence-corrected chi connectivity index (χ4v) is 5.34. The van der Waals surface area contributed by atoms with Gasteiger partial charge in [0.25, 0.3) is 0 Å². The molecule has 3 heterocycles. The van der Waals surface area contributed by atoms with Gasteiger partial charge in [0.2, 0.25) is 5.91 Å². The SMILES string of the molecule is CC12CC(C(=O)NCc3cncs3)C(CCC1OCc1cc(C(F)(F)F)cc(C(F)(F)F)c1)N2. The van der Waals surface area contributed by atoms with Crippen LogP contribution in [0.4, 0.5) is 26.3 Å². The van der Waals surface area contributed by atoms with Gasteiger partial charge >= 0.3 is 12.4 Å². The molecule has 4 rings (SSSR count). The van der Waals surface area contributed by atoms with E-state index in [9.17, 15) is 31.1 Å². The molecule has 12 heteroatoms. The summed E-state index contributed by atoms with van der Waals surface area (Å²) in [7, 11) is 0. The Kier molecular flexibility index (Phi) is 6.69. The van der Waals surface area contributed by atoms with E-state index in [0.717, 1.165) is 4.88 Å². The van der Waals surface area contributed by atoms with Crippen molar-refractivity contribution in [3.63, 3.8) is 0 Å². The third kappa shape index (κ3) is 5.38. The van der Waals surface area contributed by atoms with E-state index in [2.05, 4.69) is 15.6 Å². The fourth-order valence-electron chi connectivity index (χ4n) is 4.81. The highest BCUT2D eigenvalue weighted by Crippen LogP contribution is 2.42. The normalized spacial score (nSPS) is 27.1. The highest BCUT2D eigenvalue weighted by molar-refractivity contribution is 7.09. The van der Waals surface area contributed by atoms with Crippen LogP contribution in [0, 0.1) is 5.92 Å². The lowest BCUT2D eigenvalue weighted by molar-refractivity contribution is -0.143. The summed E-state index contributed by atoms with van der Waals surface area (Å²) < 4.78 is 84.6. The monoisotopic (exact) mass is 507 g/mol. The molecule has 2 aromatic rings. The highest BCUT2D eigenvalue weighted by atomic mass is 32.1. The molecule has 2 saturated heterocycles. The number of piperidine rings is 1. The first-order chi connectivity index (χ1) is 15.8. The Morgan fingerprint density at radius 2 is 1.85 bits per heavy atom. The lowest BCUT2D eigenvalue weighted by Crippen LogP contribution is -2.55. The van der Waals surface area contributed by atoms with Crippen LogP contribution in [0.25, 0.3) is 0 Å². The fraction of sp³-hybridized carbons (Fsp3) is 0.545. The Morgan fingerprint density at radius 3 is 2.44 bits per heavy atom. The van der Waals surface area contributed by atoms with E-state index >= 15 is 0 Å². The molecule has 0 radical (unpaired) electrons. The summed E-state index contributed by atoms with van der Waals surface area (Å²) in [6.45, 7) is 1.84. The molecule has 5 nitrogen and oxygen atoms in total. The summed E-state index contributed by atoms with van der Waals surface area (Å²) >= 11 is 1.43. The molecule has 2 bridgehead atoms. The summed E-state index contributed by atoms with van der Waals surface area (Å²) in [6.07, 6.45) is -7.01. The number of carbonyl (C=O) groups excluding carboxylic acids is 1. The number of aromatic nitrogens is 1. The maximum absolute atomic E-state index is 13.1. The molecule has 0 aliphatic carbocycles. The lowest BCUT2D eigenvalue weighted by Gasteiger charge is -2.39. The van der Waals surface area contributed by atoms with E-state index in [4.69, 9.17) is 4.74 Å². The molecule has 2 N–H and O–H groups in total. The van der Waals surface area contributed by atoms with Crippen LogP contribution in [0.2, 0.25) is 0 Å². The number of ether oxygens (including phenoxy) is 1. The van der Waals surface area contributed by atoms with Crippen molar-refractivity contribution < 1.29 is 35.9 Å². The number of benzene rings is 1. The van der Waals surface area contributed by atoms with Gasteiger partial charge in [0, 0.05) is 22.7 Å². The van der Waals surface area contributed by atoms with Crippen molar-refractivity contribution in [1.82, 2.24) is 15.6 Å². The van der Waals surface area contributed by atoms with E-state index in [1.807, 2.05) is 6.92 Å².